The molecule has 96 valence electrons. The highest BCUT2D eigenvalue weighted by molar-refractivity contribution is 7.85. The first-order valence-electron chi connectivity index (χ1n) is 5.65. The Kier molecular flexibility index (Phi) is 5.71. The zero-order valence-electron chi connectivity index (χ0n) is 10.0. The van der Waals surface area contributed by atoms with Crippen molar-refractivity contribution in [3.8, 4) is 0 Å². The maximum atomic E-state index is 13.4. The zero-order valence-corrected chi connectivity index (χ0v) is 10.8. The molecule has 2 nitrogen and oxygen atoms in total. The van der Waals surface area contributed by atoms with Crippen LogP contribution in [0.4, 0.5) is 8.78 Å². The minimum Gasteiger partial charge on any atom is -0.313 e. The second-order valence-electron chi connectivity index (χ2n) is 3.75. The molecule has 1 aromatic carbocycles. The Morgan fingerprint density at radius 1 is 1.35 bits per heavy atom. The smallest absolute Gasteiger partial charge is 0.139 e. The van der Waals surface area contributed by atoms with Crippen molar-refractivity contribution in [2.75, 3.05) is 12.3 Å². The van der Waals surface area contributed by atoms with Crippen LogP contribution in [0.3, 0.4) is 0 Å². The summed E-state index contributed by atoms with van der Waals surface area (Å²) in [6.07, 6.45) is 0.802. The Bertz CT molecular complexity index is 398. The molecule has 0 amide bonds. The SMILES string of the molecule is CCNC(CC)CS(=O)c1cc(F)ccc1F. The molecule has 0 heterocycles. The van der Waals surface area contributed by atoms with Crippen LogP contribution in [0.1, 0.15) is 20.3 Å². The molecule has 1 N–H and O–H groups in total. The van der Waals surface area contributed by atoms with E-state index in [0.29, 0.717) is 5.75 Å². The number of rotatable bonds is 6. The predicted molar refractivity (Wildman–Crippen MR) is 65.4 cm³/mol. The summed E-state index contributed by atoms with van der Waals surface area (Å²) in [7, 11) is -1.51. The van der Waals surface area contributed by atoms with Crippen molar-refractivity contribution in [2.45, 2.75) is 31.2 Å². The van der Waals surface area contributed by atoms with Gasteiger partial charge >= 0.3 is 0 Å². The highest BCUT2D eigenvalue weighted by Gasteiger charge is 2.15. The van der Waals surface area contributed by atoms with Gasteiger partial charge in [0.2, 0.25) is 0 Å². The van der Waals surface area contributed by atoms with E-state index in [9.17, 15) is 13.0 Å². The summed E-state index contributed by atoms with van der Waals surface area (Å²) in [4.78, 5) is -0.0543. The normalized spacial score (nSPS) is 14.6. The van der Waals surface area contributed by atoms with Gasteiger partial charge in [0.05, 0.1) is 15.7 Å². The molecule has 0 aliphatic heterocycles. The van der Waals surface area contributed by atoms with E-state index >= 15 is 0 Å². The lowest BCUT2D eigenvalue weighted by Gasteiger charge is -2.15. The van der Waals surface area contributed by atoms with Gasteiger partial charge in [-0.2, -0.15) is 0 Å². The van der Waals surface area contributed by atoms with Crippen LogP contribution in [0, 0.1) is 11.6 Å². The summed E-state index contributed by atoms with van der Waals surface area (Å²) in [5.74, 6) is -0.882. The van der Waals surface area contributed by atoms with Crippen LogP contribution >= 0.6 is 0 Å². The minimum atomic E-state index is -1.51. The Morgan fingerprint density at radius 3 is 2.65 bits per heavy atom. The van der Waals surface area contributed by atoms with Gasteiger partial charge in [0.15, 0.2) is 0 Å². The van der Waals surface area contributed by atoms with Gasteiger partial charge in [0.25, 0.3) is 0 Å². The summed E-state index contributed by atoms with van der Waals surface area (Å²) in [5, 5.41) is 3.16. The second-order valence-corrected chi connectivity index (χ2v) is 5.21. The molecule has 17 heavy (non-hydrogen) atoms. The van der Waals surface area contributed by atoms with Gasteiger partial charge in [0.1, 0.15) is 11.6 Å². The van der Waals surface area contributed by atoms with E-state index in [1.54, 1.807) is 0 Å². The van der Waals surface area contributed by atoms with Crippen LogP contribution < -0.4 is 5.32 Å². The van der Waals surface area contributed by atoms with Crippen molar-refractivity contribution in [3.05, 3.63) is 29.8 Å². The number of hydrogen-bond acceptors (Lipinski definition) is 2. The quantitative estimate of drug-likeness (QED) is 0.852. The maximum Gasteiger partial charge on any atom is 0.139 e. The van der Waals surface area contributed by atoms with Crippen molar-refractivity contribution < 1.29 is 13.0 Å². The summed E-state index contributed by atoms with van der Waals surface area (Å²) in [5.41, 5.74) is 0. The van der Waals surface area contributed by atoms with Crippen LogP contribution in [-0.2, 0) is 10.8 Å². The third-order valence-corrected chi connectivity index (χ3v) is 3.99. The molecule has 1 rings (SSSR count). The maximum absolute atomic E-state index is 13.4. The lowest BCUT2D eigenvalue weighted by atomic mass is 10.2. The Labute approximate surface area is 103 Å². The lowest BCUT2D eigenvalue weighted by Crippen LogP contribution is -2.33. The first kappa shape index (κ1) is 14.3. The lowest BCUT2D eigenvalue weighted by molar-refractivity contribution is 0.547. The third kappa shape index (κ3) is 4.16. The van der Waals surface area contributed by atoms with Crippen LogP contribution in [0.15, 0.2) is 23.1 Å². The van der Waals surface area contributed by atoms with E-state index < -0.39 is 22.4 Å². The van der Waals surface area contributed by atoms with Crippen molar-refractivity contribution in [1.29, 1.82) is 0 Å². The minimum absolute atomic E-state index is 0.0543. The fourth-order valence-electron chi connectivity index (χ4n) is 1.53. The fraction of sp³-hybridized carbons (Fsp3) is 0.500. The van der Waals surface area contributed by atoms with Gasteiger partial charge in [-0.15, -0.1) is 0 Å². The molecule has 2 unspecified atom stereocenters. The third-order valence-electron chi connectivity index (χ3n) is 2.48. The number of benzene rings is 1. The largest absolute Gasteiger partial charge is 0.313 e. The highest BCUT2D eigenvalue weighted by Crippen LogP contribution is 2.15. The molecule has 0 bridgehead atoms. The fourth-order valence-corrected chi connectivity index (χ4v) is 2.96. The van der Waals surface area contributed by atoms with Crippen LogP contribution in [0.25, 0.3) is 0 Å². The van der Waals surface area contributed by atoms with Crippen molar-refractivity contribution in [3.63, 3.8) is 0 Å². The summed E-state index contributed by atoms with van der Waals surface area (Å²) >= 11 is 0. The van der Waals surface area contributed by atoms with Crippen LogP contribution in [0.2, 0.25) is 0 Å². The Hall–Kier alpha value is -0.810. The molecule has 0 fully saturated rings. The van der Waals surface area contributed by atoms with E-state index in [1.165, 1.54) is 0 Å². The molecular weight excluding hydrogens is 244 g/mol. The summed E-state index contributed by atoms with van der Waals surface area (Å²) in [6, 6.07) is 3.10. The average molecular weight is 261 g/mol. The predicted octanol–water partition coefficient (Wildman–Crippen LogP) is 2.46. The van der Waals surface area contributed by atoms with E-state index in [0.717, 1.165) is 31.2 Å². The number of hydrogen-bond donors (Lipinski definition) is 1. The van der Waals surface area contributed by atoms with E-state index in [2.05, 4.69) is 5.32 Å². The molecule has 0 saturated carbocycles. The van der Waals surface area contributed by atoms with E-state index in [4.69, 9.17) is 0 Å². The van der Waals surface area contributed by atoms with Gasteiger partial charge < -0.3 is 5.32 Å². The Morgan fingerprint density at radius 2 is 2.06 bits per heavy atom. The molecule has 0 aromatic heterocycles. The average Bonchev–Trinajstić information content (AvgIpc) is 2.31. The standard InChI is InChI=1S/C12H17F2NOS/c1-3-10(15-4-2)8-17(16)12-7-9(13)5-6-11(12)14/h5-7,10,15H,3-4,8H2,1-2H3. The first-order chi connectivity index (χ1) is 8.08. The van der Waals surface area contributed by atoms with Gasteiger partial charge in [-0.3, -0.25) is 4.21 Å². The van der Waals surface area contributed by atoms with Gasteiger partial charge in [-0.1, -0.05) is 13.8 Å². The van der Waals surface area contributed by atoms with E-state index in [-0.39, 0.29) is 10.9 Å². The summed E-state index contributed by atoms with van der Waals surface area (Å²) in [6.45, 7) is 4.68. The molecular formula is C12H17F2NOS. The van der Waals surface area contributed by atoms with Gasteiger partial charge in [0, 0.05) is 11.8 Å². The zero-order chi connectivity index (χ0) is 12.8. The number of nitrogens with one attached hydrogen (secondary N) is 1. The molecule has 0 spiro atoms. The van der Waals surface area contributed by atoms with Gasteiger partial charge in [-0.25, -0.2) is 8.78 Å². The van der Waals surface area contributed by atoms with Crippen molar-refractivity contribution >= 4 is 10.8 Å². The molecule has 0 saturated heterocycles. The molecule has 0 radical (unpaired) electrons. The van der Waals surface area contributed by atoms with E-state index in [1.807, 2.05) is 13.8 Å². The highest BCUT2D eigenvalue weighted by atomic mass is 32.2. The van der Waals surface area contributed by atoms with Crippen molar-refractivity contribution in [1.82, 2.24) is 5.32 Å². The summed E-state index contributed by atoms with van der Waals surface area (Å²) < 4.78 is 38.3. The van der Waals surface area contributed by atoms with Gasteiger partial charge in [-0.05, 0) is 31.2 Å². The molecule has 2 atom stereocenters. The molecule has 5 heteroatoms. The number of halogens is 2. The molecule has 0 aliphatic rings. The molecule has 0 aliphatic carbocycles. The van der Waals surface area contributed by atoms with Crippen LogP contribution in [-0.4, -0.2) is 22.5 Å². The second kappa shape index (κ2) is 6.81. The van der Waals surface area contributed by atoms with Crippen molar-refractivity contribution in [2.24, 2.45) is 0 Å². The molecule has 1 aromatic rings. The monoisotopic (exact) mass is 261 g/mol. The van der Waals surface area contributed by atoms with Crippen LogP contribution in [0.5, 0.6) is 0 Å². The Balaban J connectivity index is 2.78. The first-order valence-corrected chi connectivity index (χ1v) is 6.97. The topological polar surface area (TPSA) is 29.1 Å².